The van der Waals surface area contributed by atoms with Crippen molar-refractivity contribution in [3.05, 3.63) is 0 Å². The third-order valence-electron chi connectivity index (χ3n) is 0. The number of hydrogen-bond donors (Lipinski definition) is 0. The van der Waals surface area contributed by atoms with Crippen molar-refractivity contribution in [2.75, 3.05) is 0 Å². The van der Waals surface area contributed by atoms with Gasteiger partial charge in [-0.1, -0.05) is 0 Å². The Morgan fingerprint density at radius 3 is 1.14 bits per heavy atom. The minimum absolute atomic E-state index is 0.326. The van der Waals surface area contributed by atoms with Crippen LogP contribution in [0.3, 0.4) is 0 Å². The molecule has 0 radical (unpaired) electrons. The van der Waals surface area contributed by atoms with Crippen LogP contribution in [0.25, 0.3) is 0 Å². The summed E-state index contributed by atoms with van der Waals surface area (Å²) in [5.74, 6) is 2.19. The average Bonchev–Trinajstić information content (AvgIpc) is 1.87. The summed E-state index contributed by atoms with van der Waals surface area (Å²) in [6.45, 7) is 2.90. The summed E-state index contributed by atoms with van der Waals surface area (Å²) in [6, 6.07) is 0. The zero-order valence-electron chi connectivity index (χ0n) is 9.05. The fourth-order valence-corrected chi connectivity index (χ4v) is 0. The van der Waals surface area contributed by atoms with Crippen molar-refractivity contribution in [2.45, 2.75) is 25.4 Å². The van der Waals surface area contributed by atoms with E-state index in [9.17, 15) is 24.6 Å². The van der Waals surface area contributed by atoms with Crippen molar-refractivity contribution in [1.82, 2.24) is 0 Å². The van der Waals surface area contributed by atoms with E-state index in [1.807, 2.05) is 0 Å². The van der Waals surface area contributed by atoms with E-state index in [0.717, 1.165) is 23.1 Å². The third kappa shape index (κ3) is 2960. The molecule has 0 nitrogen and oxygen atoms in total. The predicted molar refractivity (Wildman–Crippen MR) is 61.5 cm³/mol. The summed E-state index contributed by atoms with van der Waals surface area (Å²) in [6.07, 6.45) is 0. The minimum atomic E-state index is -5.11. The zero-order valence-corrected chi connectivity index (χ0v) is 16.8. The van der Waals surface area contributed by atoms with E-state index < -0.39 is 28.4 Å². The van der Waals surface area contributed by atoms with Gasteiger partial charge in [0.15, 0.2) is 0 Å². The molecule has 0 bridgehead atoms. The van der Waals surface area contributed by atoms with Crippen LogP contribution in [0, 0.1) is 0 Å². The first-order valence-electron chi connectivity index (χ1n) is 4.06. The molecule has 0 saturated carbocycles. The number of hydrogen-bond acceptors (Lipinski definition) is 0. The molecule has 0 atom stereocenters. The summed E-state index contributed by atoms with van der Waals surface area (Å²) >= 11 is 1.06. The summed E-state index contributed by atoms with van der Waals surface area (Å²) in [7, 11) is -9.33. The van der Waals surface area contributed by atoms with Gasteiger partial charge in [0, 0.05) is 6.55 Å². The van der Waals surface area contributed by atoms with Crippen LogP contribution < -0.4 is 0 Å². The van der Waals surface area contributed by atoms with Crippen LogP contribution in [0.2, 0.25) is 25.4 Å². The van der Waals surface area contributed by atoms with E-state index in [1.54, 1.807) is 6.55 Å². The van der Waals surface area contributed by atoms with E-state index in [-0.39, 0.29) is 0 Å². The molecule has 0 rings (SSSR count). The van der Waals surface area contributed by atoms with Gasteiger partial charge < -0.3 is 4.11 Å². The van der Waals surface area contributed by atoms with E-state index in [0.29, 0.717) is 6.55 Å². The first-order valence-corrected chi connectivity index (χ1v) is 14.4. The molecule has 0 aliphatic carbocycles. The van der Waals surface area contributed by atoms with Gasteiger partial charge in [-0.05, 0) is 13.1 Å². The maximum atomic E-state index is 10.5. The molecule has 0 saturated heterocycles. The second-order valence-corrected chi connectivity index (χ2v) is 4.70. The molecule has 0 aromatic heterocycles. The normalized spacial score (nSPS) is 9.64. The Morgan fingerprint density at radius 1 is 1.14 bits per heavy atom. The van der Waals surface area contributed by atoms with Gasteiger partial charge in [-0.15, -0.1) is 0 Å². The summed E-state index contributed by atoms with van der Waals surface area (Å²) in [5.41, 5.74) is 0. The van der Waals surface area contributed by atoms with Crippen LogP contribution >= 0.6 is 0 Å². The fourth-order valence-electron chi connectivity index (χ4n) is 0. The molecular weight excluding hydrogens is 319 g/mol. The van der Waals surface area contributed by atoms with Gasteiger partial charge >= 0.3 is 40.8 Å². The van der Waals surface area contributed by atoms with Crippen molar-refractivity contribution in [3.8, 4) is 0 Å². The van der Waals surface area contributed by atoms with E-state index in [1.165, 1.54) is 0 Å². The molecule has 0 amide bonds. The topological polar surface area (TPSA) is 0 Å². The Kier molecular flexibility index (Phi) is 33.4. The van der Waals surface area contributed by atoms with Crippen molar-refractivity contribution in [1.29, 1.82) is 0 Å². The van der Waals surface area contributed by atoms with Crippen molar-refractivity contribution in [3.63, 3.8) is 0 Å². The first-order chi connectivity index (χ1) is 6.15. The van der Waals surface area contributed by atoms with Gasteiger partial charge in [0.2, 0.25) is 9.85 Å². The van der Waals surface area contributed by atoms with Gasteiger partial charge in [0.25, 0.3) is 0 Å². The molecule has 10 heteroatoms. The van der Waals surface area contributed by atoms with E-state index >= 15 is 0 Å². The Labute approximate surface area is 95.2 Å². The van der Waals surface area contributed by atoms with Gasteiger partial charge in [0.05, 0.1) is 0 Å². The second kappa shape index (κ2) is 19.4. The molecule has 0 aliphatic heterocycles. The van der Waals surface area contributed by atoms with Crippen molar-refractivity contribution < 1.29 is 24.6 Å². The van der Waals surface area contributed by atoms with Crippen molar-refractivity contribution >= 4 is 44.9 Å². The molecule has 0 spiro atoms. The van der Waals surface area contributed by atoms with E-state index in [2.05, 4.69) is 5.76 Å². The Bertz CT molecular complexity index is 71.2. The molecule has 0 aliphatic rings. The molecule has 14 heavy (non-hydrogen) atoms. The Morgan fingerprint density at radius 2 is 1.14 bits per heavy atom. The van der Waals surface area contributed by atoms with Crippen molar-refractivity contribution in [2.24, 2.45) is 0 Å². The maximum absolute atomic E-state index is 10.5. The fraction of sp³-hybridized carbons (Fsp3) is 1.00. The summed E-state index contributed by atoms with van der Waals surface area (Å²) in [5, 5.41) is 0. The predicted octanol–water partition coefficient (Wildman–Crippen LogP) is 1.73. The molecule has 0 aromatic carbocycles. The monoisotopic (exact) mass is 338 g/mol. The average molecular weight is 337 g/mol. The number of halogens is 6. The molecule has 0 aromatic rings. The van der Waals surface area contributed by atoms with Crippen LogP contribution in [0.1, 0.15) is 0 Å². The van der Waals surface area contributed by atoms with Gasteiger partial charge in [0.1, 0.15) is 0 Å². The first kappa shape index (κ1) is 24.1. The summed E-state index contributed by atoms with van der Waals surface area (Å²) < 4.78 is 62.9. The van der Waals surface area contributed by atoms with Gasteiger partial charge in [-0.2, -0.15) is 0 Å². The molecule has 0 fully saturated rings. The summed E-state index contributed by atoms with van der Waals surface area (Å²) in [4.78, 5) is 0. The third-order valence-corrected chi connectivity index (χ3v) is 0. The van der Waals surface area contributed by atoms with E-state index in [4.69, 9.17) is 0 Å². The Hall–Kier alpha value is 0.774. The van der Waals surface area contributed by atoms with Crippen LogP contribution in [0.4, 0.5) is 24.6 Å². The molecule has 92 valence electrons. The number of rotatable bonds is 0. The molecular formula is C4H18F6GeSi3. The van der Waals surface area contributed by atoms with Crippen LogP contribution in [0.15, 0.2) is 0 Å². The standard InChI is InChI=1S/CH3F3Si.CH4F2Si.CH5FSi.CH6Ge/c1-5(2,3)4;1-4(2)3;1-3-2;1-2/h1H3;4H,1H3;3H2,1H3;1-2H3. The van der Waals surface area contributed by atoms with Crippen LogP contribution in [0.5, 0.6) is 0 Å². The molecule has 0 N–H and O–H groups in total. The molecule has 0 heterocycles. The van der Waals surface area contributed by atoms with Crippen LogP contribution in [-0.4, -0.2) is 44.9 Å². The second-order valence-electron chi connectivity index (χ2n) is 1.57. The quantitative estimate of drug-likeness (QED) is 0.359. The Balaban J connectivity index is -0.0000000505. The SMILES string of the molecule is C[SiH2]F.C[SiH](F)F.C[Si](F)(F)F.[CH3][GeH3]. The van der Waals surface area contributed by atoms with Gasteiger partial charge in [-0.3, -0.25) is 8.22 Å². The zero-order chi connectivity index (χ0) is 12.8. The molecule has 0 unspecified atom stereocenters. The van der Waals surface area contributed by atoms with Crippen LogP contribution in [-0.2, 0) is 0 Å². The van der Waals surface area contributed by atoms with Gasteiger partial charge in [-0.25, -0.2) is 12.3 Å².